The summed E-state index contributed by atoms with van der Waals surface area (Å²) in [6.07, 6.45) is 4.07. The van der Waals surface area contributed by atoms with E-state index in [4.69, 9.17) is 10.3 Å². The number of nitrogens with zero attached hydrogens (tertiary/aromatic N) is 3. The second-order valence-electron chi connectivity index (χ2n) is 3.97. The third-order valence-corrected chi connectivity index (χ3v) is 2.37. The highest BCUT2D eigenvalue weighted by Gasteiger charge is 2.00. The Bertz CT molecular complexity index is 508. The SMILES string of the molecule is CCCOc1ccccc1/C=C/C(=O)NCCN=[N+]=[N-]. The molecular weight excluding hydrogens is 256 g/mol. The second kappa shape index (κ2) is 9.47. The topological polar surface area (TPSA) is 87.1 Å². The number of hydrogen-bond donors (Lipinski definition) is 1. The van der Waals surface area contributed by atoms with Crippen LogP contribution in [0, 0.1) is 0 Å². The van der Waals surface area contributed by atoms with Crippen LogP contribution in [0.25, 0.3) is 16.5 Å². The molecule has 6 heteroatoms. The molecule has 0 radical (unpaired) electrons. The number of hydrogen-bond acceptors (Lipinski definition) is 3. The standard InChI is InChI=1S/C14H18N4O2/c1-2-11-20-13-6-4-3-5-12(13)7-8-14(19)16-9-10-17-18-15/h3-8H,2,9-11H2,1H3,(H,16,19)/b8-7+. The first-order valence-corrected chi connectivity index (χ1v) is 6.46. The summed E-state index contributed by atoms with van der Waals surface area (Å²) in [6, 6.07) is 7.53. The predicted molar refractivity (Wildman–Crippen MR) is 78.3 cm³/mol. The molecule has 0 unspecified atom stereocenters. The lowest BCUT2D eigenvalue weighted by Crippen LogP contribution is -2.23. The molecule has 0 aliphatic heterocycles. The lowest BCUT2D eigenvalue weighted by molar-refractivity contribution is -0.116. The van der Waals surface area contributed by atoms with E-state index in [1.165, 1.54) is 6.08 Å². The normalized spacial score (nSPS) is 10.1. The number of nitrogens with one attached hydrogen (secondary N) is 1. The molecule has 0 aliphatic rings. The van der Waals surface area contributed by atoms with Crippen LogP contribution in [-0.2, 0) is 4.79 Å². The van der Waals surface area contributed by atoms with Crippen molar-refractivity contribution in [3.8, 4) is 5.75 Å². The van der Waals surface area contributed by atoms with Crippen LogP contribution in [0.2, 0.25) is 0 Å². The van der Waals surface area contributed by atoms with Crippen LogP contribution in [0.5, 0.6) is 5.75 Å². The minimum absolute atomic E-state index is 0.233. The molecule has 20 heavy (non-hydrogen) atoms. The van der Waals surface area contributed by atoms with Crippen molar-refractivity contribution < 1.29 is 9.53 Å². The average molecular weight is 274 g/mol. The highest BCUT2D eigenvalue weighted by atomic mass is 16.5. The van der Waals surface area contributed by atoms with E-state index in [9.17, 15) is 4.79 Å². The van der Waals surface area contributed by atoms with Gasteiger partial charge in [-0.3, -0.25) is 4.79 Å². The van der Waals surface area contributed by atoms with Gasteiger partial charge in [0.1, 0.15) is 5.75 Å². The smallest absolute Gasteiger partial charge is 0.244 e. The molecule has 1 aromatic rings. The number of azide groups is 1. The summed E-state index contributed by atoms with van der Waals surface area (Å²) in [4.78, 5) is 14.1. The number of carbonyl (C=O) groups excluding carboxylic acids is 1. The zero-order valence-corrected chi connectivity index (χ0v) is 11.5. The molecule has 0 aliphatic carbocycles. The fourth-order valence-electron chi connectivity index (χ4n) is 1.46. The summed E-state index contributed by atoms with van der Waals surface area (Å²) in [7, 11) is 0. The molecule has 0 heterocycles. The first-order chi connectivity index (χ1) is 9.77. The van der Waals surface area contributed by atoms with E-state index in [1.807, 2.05) is 31.2 Å². The Hall–Kier alpha value is -2.46. The van der Waals surface area contributed by atoms with Crippen molar-refractivity contribution >= 4 is 12.0 Å². The highest BCUT2D eigenvalue weighted by molar-refractivity contribution is 5.92. The van der Waals surface area contributed by atoms with Crippen molar-refractivity contribution in [3.05, 3.63) is 46.3 Å². The Morgan fingerprint density at radius 3 is 3.05 bits per heavy atom. The van der Waals surface area contributed by atoms with Gasteiger partial charge in [0.05, 0.1) is 6.61 Å². The minimum Gasteiger partial charge on any atom is -0.493 e. The lowest BCUT2D eigenvalue weighted by Gasteiger charge is -2.07. The van der Waals surface area contributed by atoms with E-state index < -0.39 is 0 Å². The Morgan fingerprint density at radius 1 is 1.50 bits per heavy atom. The molecule has 1 aromatic carbocycles. The van der Waals surface area contributed by atoms with E-state index in [0.29, 0.717) is 13.2 Å². The molecule has 0 saturated carbocycles. The molecule has 0 spiro atoms. The van der Waals surface area contributed by atoms with E-state index in [2.05, 4.69) is 15.3 Å². The van der Waals surface area contributed by atoms with Crippen molar-refractivity contribution in [1.29, 1.82) is 0 Å². The maximum absolute atomic E-state index is 11.5. The van der Waals surface area contributed by atoms with Gasteiger partial charge in [-0.2, -0.15) is 0 Å². The van der Waals surface area contributed by atoms with Crippen molar-refractivity contribution in [1.82, 2.24) is 5.32 Å². The molecule has 0 bridgehead atoms. The van der Waals surface area contributed by atoms with Crippen LogP contribution in [0.1, 0.15) is 18.9 Å². The third-order valence-electron chi connectivity index (χ3n) is 2.37. The van der Waals surface area contributed by atoms with E-state index in [-0.39, 0.29) is 12.5 Å². The molecule has 106 valence electrons. The number of benzene rings is 1. The van der Waals surface area contributed by atoms with Crippen molar-refractivity contribution in [2.75, 3.05) is 19.7 Å². The van der Waals surface area contributed by atoms with Gasteiger partial charge in [-0.1, -0.05) is 30.2 Å². The summed E-state index contributed by atoms with van der Waals surface area (Å²) < 4.78 is 5.59. The molecule has 0 fully saturated rings. The second-order valence-corrected chi connectivity index (χ2v) is 3.97. The zero-order valence-electron chi connectivity index (χ0n) is 11.5. The van der Waals surface area contributed by atoms with Gasteiger partial charge in [-0.25, -0.2) is 0 Å². The number of rotatable bonds is 8. The predicted octanol–water partition coefficient (Wildman–Crippen LogP) is 2.92. The Balaban J connectivity index is 2.55. The number of amides is 1. The van der Waals surface area contributed by atoms with E-state index >= 15 is 0 Å². The monoisotopic (exact) mass is 274 g/mol. The molecule has 6 nitrogen and oxygen atoms in total. The molecule has 0 aromatic heterocycles. The minimum atomic E-state index is -0.233. The number of carbonyl (C=O) groups is 1. The average Bonchev–Trinajstić information content (AvgIpc) is 2.48. The van der Waals surface area contributed by atoms with E-state index in [0.717, 1.165) is 17.7 Å². The Labute approximate surface area is 118 Å². The lowest BCUT2D eigenvalue weighted by atomic mass is 10.2. The van der Waals surface area contributed by atoms with Gasteiger partial charge in [-0.05, 0) is 24.1 Å². The quantitative estimate of drug-likeness (QED) is 0.260. The maximum atomic E-state index is 11.5. The van der Waals surface area contributed by atoms with Crippen LogP contribution in [-0.4, -0.2) is 25.6 Å². The summed E-state index contributed by atoms with van der Waals surface area (Å²) in [5.74, 6) is 0.524. The number of ether oxygens (including phenoxy) is 1. The Kier molecular flexibility index (Phi) is 7.38. The fraction of sp³-hybridized carbons (Fsp3) is 0.357. The summed E-state index contributed by atoms with van der Waals surface area (Å²) in [5, 5.41) is 5.95. The van der Waals surface area contributed by atoms with Crippen LogP contribution in [0.3, 0.4) is 0 Å². The van der Waals surface area contributed by atoms with Crippen molar-refractivity contribution in [2.45, 2.75) is 13.3 Å². The zero-order chi connectivity index (χ0) is 14.6. The molecule has 1 amide bonds. The molecule has 0 atom stereocenters. The van der Waals surface area contributed by atoms with Gasteiger partial charge in [0.15, 0.2) is 0 Å². The molecular formula is C14H18N4O2. The first-order valence-electron chi connectivity index (χ1n) is 6.46. The Morgan fingerprint density at radius 2 is 2.30 bits per heavy atom. The third kappa shape index (κ3) is 5.93. The summed E-state index contributed by atoms with van der Waals surface area (Å²) in [6.45, 7) is 3.24. The summed E-state index contributed by atoms with van der Waals surface area (Å²) in [5.41, 5.74) is 8.96. The summed E-state index contributed by atoms with van der Waals surface area (Å²) >= 11 is 0. The molecule has 0 saturated heterocycles. The highest BCUT2D eigenvalue weighted by Crippen LogP contribution is 2.19. The van der Waals surface area contributed by atoms with E-state index in [1.54, 1.807) is 6.08 Å². The van der Waals surface area contributed by atoms with Crippen LogP contribution in [0.4, 0.5) is 0 Å². The van der Waals surface area contributed by atoms with Gasteiger partial charge < -0.3 is 10.1 Å². The van der Waals surface area contributed by atoms with Crippen LogP contribution >= 0.6 is 0 Å². The number of para-hydroxylation sites is 1. The van der Waals surface area contributed by atoms with Crippen molar-refractivity contribution in [2.24, 2.45) is 5.11 Å². The van der Waals surface area contributed by atoms with Gasteiger partial charge in [0.2, 0.25) is 5.91 Å². The first kappa shape index (κ1) is 15.6. The van der Waals surface area contributed by atoms with Crippen LogP contribution in [0.15, 0.2) is 35.5 Å². The van der Waals surface area contributed by atoms with Crippen molar-refractivity contribution in [3.63, 3.8) is 0 Å². The van der Waals surface area contributed by atoms with Gasteiger partial charge >= 0.3 is 0 Å². The molecule has 1 rings (SSSR count). The van der Waals surface area contributed by atoms with Gasteiger partial charge in [-0.15, -0.1) is 0 Å². The van der Waals surface area contributed by atoms with Crippen LogP contribution < -0.4 is 10.1 Å². The fourth-order valence-corrected chi connectivity index (χ4v) is 1.46. The molecule has 1 N–H and O–H groups in total. The van der Waals surface area contributed by atoms with Gasteiger partial charge in [0, 0.05) is 29.6 Å². The largest absolute Gasteiger partial charge is 0.493 e. The maximum Gasteiger partial charge on any atom is 0.244 e. The van der Waals surface area contributed by atoms with Gasteiger partial charge in [0.25, 0.3) is 0 Å².